The van der Waals surface area contributed by atoms with Crippen LogP contribution in [-0.2, 0) is 16.3 Å². The first kappa shape index (κ1) is 20.8. The smallest absolute Gasteiger partial charge is 1.00 e. The summed E-state index contributed by atoms with van der Waals surface area (Å²) in [6, 6.07) is 10.5. The summed E-state index contributed by atoms with van der Waals surface area (Å²) in [6.07, 6.45) is 2.82. The van der Waals surface area contributed by atoms with Crippen molar-refractivity contribution in [1.82, 2.24) is 4.98 Å². The fraction of sp³-hybridized carbons (Fsp3) is 0.235. The second-order valence-electron chi connectivity index (χ2n) is 5.94. The van der Waals surface area contributed by atoms with Crippen molar-refractivity contribution in [3.8, 4) is 0 Å². The van der Waals surface area contributed by atoms with Gasteiger partial charge in [0.2, 0.25) is 0 Å². The minimum absolute atomic E-state index is 0. The zero-order valence-electron chi connectivity index (χ0n) is 13.2. The van der Waals surface area contributed by atoms with E-state index >= 15 is 0 Å². The van der Waals surface area contributed by atoms with E-state index in [-0.39, 0.29) is 24.8 Å². The third-order valence-corrected chi connectivity index (χ3v) is 7.80. The van der Waals surface area contributed by atoms with Gasteiger partial charge in [-0.1, -0.05) is 0 Å². The third-order valence-electron chi connectivity index (χ3n) is 4.10. The van der Waals surface area contributed by atoms with Gasteiger partial charge in [0.1, 0.15) is 0 Å². The van der Waals surface area contributed by atoms with Crippen LogP contribution in [-0.4, -0.2) is 12.4 Å². The van der Waals surface area contributed by atoms with Crippen LogP contribution in [0.25, 0.3) is 16.5 Å². The van der Waals surface area contributed by atoms with Crippen molar-refractivity contribution in [3.63, 3.8) is 0 Å². The van der Waals surface area contributed by atoms with Crippen molar-refractivity contribution in [2.75, 3.05) is 0 Å². The summed E-state index contributed by atoms with van der Waals surface area (Å²) >= 11 is 9.93. The molecule has 121 valence electrons. The van der Waals surface area contributed by atoms with Gasteiger partial charge >= 0.3 is 140 Å². The van der Waals surface area contributed by atoms with Gasteiger partial charge in [-0.15, -0.1) is 0 Å². The van der Waals surface area contributed by atoms with E-state index in [4.69, 9.17) is 11.1 Å². The molecule has 0 radical (unpaired) electrons. The molecule has 0 amide bonds. The van der Waals surface area contributed by atoms with Crippen molar-refractivity contribution >= 4 is 34.9 Å². The Labute approximate surface area is 164 Å². The molecule has 3 rings (SSSR count). The van der Waals surface area contributed by atoms with Gasteiger partial charge in [0, 0.05) is 0 Å². The van der Waals surface area contributed by atoms with E-state index in [1.54, 1.807) is 0 Å². The first-order valence-corrected chi connectivity index (χ1v) is 11.7. The molecule has 1 aliphatic carbocycles. The topological polar surface area (TPSA) is 12.9 Å². The quantitative estimate of drug-likeness (QED) is 0.457. The van der Waals surface area contributed by atoms with Crippen LogP contribution < -0.4 is 24.8 Å². The van der Waals surface area contributed by atoms with Gasteiger partial charge in [0.05, 0.1) is 0 Å². The maximum Gasteiger partial charge on any atom is -1.00 e. The molecular formula is C17H17Cl3CrNSi. The fourth-order valence-electron chi connectivity index (χ4n) is 2.88. The molecule has 1 aliphatic rings. The maximum atomic E-state index is 6.69. The molecule has 6 heteroatoms. The zero-order valence-corrected chi connectivity index (χ0v) is 17.7. The molecular weight excluding hydrogens is 405 g/mol. The number of pyridine rings is 1. The molecule has 0 atom stereocenters. The van der Waals surface area contributed by atoms with Gasteiger partial charge in [-0.2, -0.15) is 0 Å². The summed E-state index contributed by atoms with van der Waals surface area (Å²) in [5.41, 5.74) is 5.01. The first-order valence-electron chi connectivity index (χ1n) is 7.03. The van der Waals surface area contributed by atoms with Crippen LogP contribution in [0.3, 0.4) is 0 Å². The SMILES string of the molecule is CC1=C(c2cccc3cccnc23)CC([Si](C)(C)Cl)=[C]1[Cr+2].[Cl-].[Cl-]. The molecule has 0 aliphatic heterocycles. The van der Waals surface area contributed by atoms with E-state index in [1.807, 2.05) is 12.3 Å². The van der Waals surface area contributed by atoms with E-state index in [0.29, 0.717) is 0 Å². The van der Waals surface area contributed by atoms with E-state index in [9.17, 15) is 0 Å². The molecule has 0 saturated carbocycles. The number of nitrogens with zero attached hydrogens (tertiary/aromatic N) is 1. The van der Waals surface area contributed by atoms with Gasteiger partial charge in [-0.3, -0.25) is 0 Å². The van der Waals surface area contributed by atoms with Crippen molar-refractivity contribution in [2.24, 2.45) is 0 Å². The van der Waals surface area contributed by atoms with Crippen molar-refractivity contribution in [2.45, 2.75) is 26.4 Å². The Morgan fingerprint density at radius 3 is 2.39 bits per heavy atom. The predicted molar refractivity (Wildman–Crippen MR) is 89.3 cm³/mol. The Kier molecular flexibility index (Phi) is 6.99. The molecule has 0 unspecified atom stereocenters. The van der Waals surface area contributed by atoms with E-state index in [0.717, 1.165) is 11.9 Å². The Balaban J connectivity index is 0.00000132. The standard InChI is InChI=1S/C17H17ClNSi.2ClH.Cr/c1-12-10-14(20(2,3)18)11-16(12)15-8-4-6-13-7-5-9-19-17(13)15;;;/h4-9H,11H2,1-3H3;2*1H;/q;;;+2/p-2. The minimum Gasteiger partial charge on any atom is -1.00 e. The number of halogens is 3. The fourth-order valence-corrected chi connectivity index (χ4v) is 6.46. The molecule has 1 nitrogen and oxygen atoms in total. The number of rotatable bonds is 2. The van der Waals surface area contributed by atoms with Gasteiger partial charge in [0.15, 0.2) is 0 Å². The van der Waals surface area contributed by atoms with Crippen LogP contribution in [0, 0.1) is 0 Å². The summed E-state index contributed by atoms with van der Waals surface area (Å²) in [6.45, 7) is 6.57. The second kappa shape index (κ2) is 7.74. The molecule has 0 bridgehead atoms. The van der Waals surface area contributed by atoms with E-state index < -0.39 is 7.38 Å². The van der Waals surface area contributed by atoms with Crippen LogP contribution in [0.1, 0.15) is 18.9 Å². The van der Waals surface area contributed by atoms with Crippen LogP contribution in [0.15, 0.2) is 51.7 Å². The maximum absolute atomic E-state index is 6.69. The summed E-state index contributed by atoms with van der Waals surface area (Å²) in [7, 11) is -1.81. The zero-order chi connectivity index (χ0) is 15.2. The van der Waals surface area contributed by atoms with Gasteiger partial charge in [0.25, 0.3) is 0 Å². The number of benzene rings is 1. The normalized spacial score (nSPS) is 14.7. The third kappa shape index (κ3) is 3.87. The summed E-state index contributed by atoms with van der Waals surface area (Å²) in [4.78, 5) is 4.59. The van der Waals surface area contributed by atoms with Gasteiger partial charge in [-0.25, -0.2) is 0 Å². The number of para-hydroxylation sites is 1. The largest absolute Gasteiger partial charge is 1.00 e. The molecule has 0 spiro atoms. The molecule has 1 heterocycles. The summed E-state index contributed by atoms with van der Waals surface area (Å²) in [5.74, 6) is 0. The second-order valence-corrected chi connectivity index (χ2v) is 13.0. The van der Waals surface area contributed by atoms with Crippen LogP contribution in [0.2, 0.25) is 13.1 Å². The molecule has 1 aromatic carbocycles. The Morgan fingerprint density at radius 1 is 1.13 bits per heavy atom. The van der Waals surface area contributed by atoms with E-state index in [1.165, 1.54) is 31.7 Å². The number of aromatic nitrogens is 1. The average molecular weight is 422 g/mol. The van der Waals surface area contributed by atoms with Crippen LogP contribution in [0.4, 0.5) is 0 Å². The Morgan fingerprint density at radius 2 is 1.78 bits per heavy atom. The number of allylic oxidation sites excluding steroid dienone is 4. The summed E-state index contributed by atoms with van der Waals surface area (Å²) < 4.78 is 1.27. The predicted octanol–water partition coefficient (Wildman–Crippen LogP) is -0.796. The van der Waals surface area contributed by atoms with Crippen molar-refractivity contribution < 1.29 is 41.1 Å². The summed E-state index contributed by atoms with van der Waals surface area (Å²) in [5, 5.41) is 2.59. The van der Waals surface area contributed by atoms with Gasteiger partial charge < -0.3 is 24.8 Å². The molecule has 0 N–H and O–H groups in total. The van der Waals surface area contributed by atoms with Crippen LogP contribution in [0.5, 0.6) is 0 Å². The minimum atomic E-state index is -1.81. The average Bonchev–Trinajstić information content (AvgIpc) is 2.75. The monoisotopic (exact) mass is 420 g/mol. The molecule has 2 aromatic rings. The van der Waals surface area contributed by atoms with Gasteiger partial charge in [-0.05, 0) is 0 Å². The number of fused-ring (bicyclic) bond motifs is 1. The number of hydrogen-bond donors (Lipinski definition) is 0. The molecule has 23 heavy (non-hydrogen) atoms. The molecule has 1 aromatic heterocycles. The molecule has 0 saturated heterocycles. The first-order chi connectivity index (χ1) is 9.89. The number of hydrogen-bond acceptors (Lipinski definition) is 1. The molecule has 0 fully saturated rings. The van der Waals surface area contributed by atoms with E-state index in [2.05, 4.69) is 65.6 Å². The van der Waals surface area contributed by atoms with Crippen molar-refractivity contribution in [3.05, 3.63) is 57.3 Å². The van der Waals surface area contributed by atoms with Crippen LogP contribution >= 0.6 is 11.1 Å². The Bertz CT molecular complexity index is 789. The Hall–Kier alpha value is -0.271. The van der Waals surface area contributed by atoms with Crippen molar-refractivity contribution in [1.29, 1.82) is 0 Å².